The summed E-state index contributed by atoms with van der Waals surface area (Å²) < 4.78 is 0. The van der Waals surface area contributed by atoms with Crippen molar-refractivity contribution in [1.29, 1.82) is 0 Å². The summed E-state index contributed by atoms with van der Waals surface area (Å²) in [4.78, 5) is 8.28. The molecule has 2 rings (SSSR count). The van der Waals surface area contributed by atoms with E-state index in [1.807, 2.05) is 0 Å². The van der Waals surface area contributed by atoms with Crippen molar-refractivity contribution in [3.05, 3.63) is 10.6 Å². The normalized spacial score (nSPS) is 20.1. The van der Waals surface area contributed by atoms with Crippen LogP contribution in [0.5, 0.6) is 0 Å². The van der Waals surface area contributed by atoms with Gasteiger partial charge < -0.3 is 10.0 Å². The molecule has 0 saturated carbocycles. The molecule has 18 heavy (non-hydrogen) atoms. The van der Waals surface area contributed by atoms with Crippen molar-refractivity contribution in [2.75, 3.05) is 11.4 Å². The maximum absolute atomic E-state index is 9.43. The Morgan fingerprint density at radius 1 is 1.50 bits per heavy atom. The Labute approximate surface area is 114 Å². The molecule has 3 nitrogen and oxygen atoms in total. The van der Waals surface area contributed by atoms with Crippen LogP contribution in [0.3, 0.4) is 0 Å². The first-order chi connectivity index (χ1) is 8.67. The van der Waals surface area contributed by atoms with Crippen LogP contribution in [0, 0.1) is 5.92 Å². The van der Waals surface area contributed by atoms with Crippen LogP contribution >= 0.6 is 11.3 Å². The molecule has 1 unspecified atom stereocenters. The van der Waals surface area contributed by atoms with E-state index in [0.29, 0.717) is 12.0 Å². The van der Waals surface area contributed by atoms with Gasteiger partial charge in [-0.1, -0.05) is 38.5 Å². The molecule has 0 radical (unpaired) electrons. The fourth-order valence-corrected chi connectivity index (χ4v) is 3.82. The largest absolute Gasteiger partial charge is 0.391 e. The van der Waals surface area contributed by atoms with Gasteiger partial charge in [-0.25, -0.2) is 4.98 Å². The average Bonchev–Trinajstić information content (AvgIpc) is 2.94. The fourth-order valence-electron chi connectivity index (χ4n) is 2.77. The number of aliphatic hydroxyl groups is 1. The maximum Gasteiger partial charge on any atom is 0.186 e. The SMILES string of the molecule is CCCc1nc(N2CCCC2C(C)C)sc1CO. The van der Waals surface area contributed by atoms with Crippen LogP contribution in [0.1, 0.15) is 50.6 Å². The van der Waals surface area contributed by atoms with Crippen LogP contribution < -0.4 is 4.90 Å². The number of aryl methyl sites for hydroxylation is 1. The van der Waals surface area contributed by atoms with Crippen molar-refractivity contribution < 1.29 is 5.11 Å². The van der Waals surface area contributed by atoms with Crippen LogP contribution in [-0.4, -0.2) is 22.7 Å². The van der Waals surface area contributed by atoms with Crippen molar-refractivity contribution in [2.45, 2.75) is 59.1 Å². The minimum absolute atomic E-state index is 0.132. The van der Waals surface area contributed by atoms with Gasteiger partial charge in [-0.3, -0.25) is 0 Å². The molecule has 0 spiro atoms. The van der Waals surface area contributed by atoms with Gasteiger partial charge in [0.1, 0.15) is 0 Å². The molecular weight excluding hydrogens is 244 g/mol. The van der Waals surface area contributed by atoms with E-state index in [2.05, 4.69) is 25.7 Å². The quantitative estimate of drug-likeness (QED) is 0.891. The van der Waals surface area contributed by atoms with Crippen molar-refractivity contribution in [2.24, 2.45) is 5.92 Å². The molecular formula is C14H24N2OS. The van der Waals surface area contributed by atoms with Gasteiger partial charge in [0.05, 0.1) is 17.2 Å². The van der Waals surface area contributed by atoms with Gasteiger partial charge in [0.15, 0.2) is 5.13 Å². The van der Waals surface area contributed by atoms with Gasteiger partial charge in [-0.15, -0.1) is 0 Å². The minimum atomic E-state index is 0.132. The van der Waals surface area contributed by atoms with Crippen molar-refractivity contribution in [3.8, 4) is 0 Å². The Hall–Kier alpha value is -0.610. The first-order valence-corrected chi connectivity index (χ1v) is 7.85. The number of rotatable bonds is 5. The summed E-state index contributed by atoms with van der Waals surface area (Å²) in [5.74, 6) is 0.670. The predicted molar refractivity (Wildman–Crippen MR) is 77.2 cm³/mol. The van der Waals surface area contributed by atoms with E-state index in [1.165, 1.54) is 12.8 Å². The molecule has 1 aliphatic heterocycles. The van der Waals surface area contributed by atoms with E-state index in [0.717, 1.165) is 35.1 Å². The number of hydrogen-bond donors (Lipinski definition) is 1. The van der Waals surface area contributed by atoms with E-state index in [4.69, 9.17) is 4.98 Å². The molecule has 1 aromatic heterocycles. The van der Waals surface area contributed by atoms with Gasteiger partial charge in [0, 0.05) is 12.6 Å². The zero-order chi connectivity index (χ0) is 13.1. The first-order valence-electron chi connectivity index (χ1n) is 7.03. The van der Waals surface area contributed by atoms with Crippen molar-refractivity contribution >= 4 is 16.5 Å². The number of hydrogen-bond acceptors (Lipinski definition) is 4. The number of nitrogens with zero attached hydrogens (tertiary/aromatic N) is 2. The third-order valence-corrected chi connectivity index (χ3v) is 4.83. The lowest BCUT2D eigenvalue weighted by Crippen LogP contribution is -2.33. The Morgan fingerprint density at radius 2 is 2.28 bits per heavy atom. The molecule has 2 heterocycles. The minimum Gasteiger partial charge on any atom is -0.391 e. The highest BCUT2D eigenvalue weighted by molar-refractivity contribution is 7.15. The Kier molecular flexibility index (Phi) is 4.62. The predicted octanol–water partition coefficient (Wildman–Crippen LogP) is 3.21. The molecule has 1 aliphatic rings. The van der Waals surface area contributed by atoms with E-state index >= 15 is 0 Å². The summed E-state index contributed by atoms with van der Waals surface area (Å²) in [5.41, 5.74) is 1.11. The summed E-state index contributed by atoms with van der Waals surface area (Å²) in [7, 11) is 0. The highest BCUT2D eigenvalue weighted by Gasteiger charge is 2.29. The topological polar surface area (TPSA) is 36.4 Å². The second-order valence-corrected chi connectivity index (χ2v) is 6.48. The lowest BCUT2D eigenvalue weighted by Gasteiger charge is -2.27. The number of aromatic nitrogens is 1. The highest BCUT2D eigenvalue weighted by atomic mass is 32.1. The summed E-state index contributed by atoms with van der Waals surface area (Å²) in [6.45, 7) is 7.99. The van der Waals surface area contributed by atoms with Gasteiger partial charge in [0.2, 0.25) is 0 Å². The molecule has 0 aromatic carbocycles. The van der Waals surface area contributed by atoms with Crippen molar-refractivity contribution in [1.82, 2.24) is 4.98 Å². The van der Waals surface area contributed by atoms with Crippen molar-refractivity contribution in [3.63, 3.8) is 0 Å². The summed E-state index contributed by atoms with van der Waals surface area (Å²) in [5, 5.41) is 10.6. The maximum atomic E-state index is 9.43. The Morgan fingerprint density at radius 3 is 2.89 bits per heavy atom. The zero-order valence-electron chi connectivity index (χ0n) is 11.6. The first kappa shape index (κ1) is 13.8. The van der Waals surface area contributed by atoms with Crippen LogP contribution in [0.2, 0.25) is 0 Å². The third-order valence-electron chi connectivity index (χ3n) is 3.71. The number of aliphatic hydroxyl groups excluding tert-OH is 1. The molecule has 1 aromatic rings. The fraction of sp³-hybridized carbons (Fsp3) is 0.786. The molecule has 1 atom stereocenters. The van der Waals surface area contributed by atoms with Crippen LogP contribution in [0.25, 0.3) is 0 Å². The number of thiazole rings is 1. The van der Waals surface area contributed by atoms with Crippen LogP contribution in [-0.2, 0) is 13.0 Å². The molecule has 102 valence electrons. The van der Waals surface area contributed by atoms with Crippen LogP contribution in [0.4, 0.5) is 5.13 Å². The lowest BCUT2D eigenvalue weighted by molar-refractivity contribution is 0.284. The van der Waals surface area contributed by atoms with Gasteiger partial charge in [-0.2, -0.15) is 0 Å². The standard InChI is InChI=1S/C14H24N2OS/c1-4-6-11-13(9-17)18-14(15-11)16-8-5-7-12(16)10(2)3/h10,12,17H,4-9H2,1-3H3. The molecule has 0 aliphatic carbocycles. The second-order valence-electron chi connectivity index (χ2n) is 5.42. The summed E-state index contributed by atoms with van der Waals surface area (Å²) in [6, 6.07) is 0.622. The Bertz CT molecular complexity index is 389. The van der Waals surface area contributed by atoms with E-state index in [1.54, 1.807) is 11.3 Å². The molecule has 0 bridgehead atoms. The van der Waals surface area contributed by atoms with Gasteiger partial charge in [-0.05, 0) is 25.2 Å². The molecule has 1 N–H and O–H groups in total. The average molecular weight is 268 g/mol. The van der Waals surface area contributed by atoms with E-state index < -0.39 is 0 Å². The zero-order valence-corrected chi connectivity index (χ0v) is 12.5. The lowest BCUT2D eigenvalue weighted by atomic mass is 10.0. The second kappa shape index (κ2) is 6.02. The van der Waals surface area contributed by atoms with E-state index in [9.17, 15) is 5.11 Å². The molecule has 0 amide bonds. The molecule has 1 saturated heterocycles. The highest BCUT2D eigenvalue weighted by Crippen LogP contribution is 2.34. The monoisotopic (exact) mass is 268 g/mol. The van der Waals surface area contributed by atoms with Crippen LogP contribution in [0.15, 0.2) is 0 Å². The van der Waals surface area contributed by atoms with E-state index in [-0.39, 0.29) is 6.61 Å². The molecule has 4 heteroatoms. The third kappa shape index (κ3) is 2.69. The Balaban J connectivity index is 2.22. The smallest absolute Gasteiger partial charge is 0.186 e. The number of anilines is 1. The van der Waals surface area contributed by atoms with Gasteiger partial charge in [0.25, 0.3) is 0 Å². The van der Waals surface area contributed by atoms with Gasteiger partial charge >= 0.3 is 0 Å². The molecule has 1 fully saturated rings. The summed E-state index contributed by atoms with van der Waals surface area (Å²) in [6.07, 6.45) is 4.60. The summed E-state index contributed by atoms with van der Waals surface area (Å²) >= 11 is 1.68.